The van der Waals surface area contributed by atoms with Crippen molar-refractivity contribution in [1.29, 1.82) is 0 Å². The average molecular weight is 336 g/mol. The first-order valence-electron chi connectivity index (χ1n) is 5.19. The van der Waals surface area contributed by atoms with Gasteiger partial charge in [0.1, 0.15) is 5.52 Å². The van der Waals surface area contributed by atoms with Gasteiger partial charge in [-0.1, -0.05) is 12.1 Å². The van der Waals surface area contributed by atoms with E-state index in [1.165, 1.54) is 3.57 Å². The summed E-state index contributed by atoms with van der Waals surface area (Å²) < 4.78 is 6.78. The van der Waals surface area contributed by atoms with Gasteiger partial charge in [0.25, 0.3) is 6.01 Å². The van der Waals surface area contributed by atoms with E-state index >= 15 is 0 Å². The Morgan fingerprint density at radius 2 is 1.76 bits per heavy atom. The number of aromatic nitrogens is 1. The Labute approximate surface area is 112 Å². The number of halogens is 1. The van der Waals surface area contributed by atoms with Crippen molar-refractivity contribution in [3.63, 3.8) is 0 Å². The zero-order chi connectivity index (χ0) is 11.7. The molecule has 0 radical (unpaired) electrons. The third-order valence-electron chi connectivity index (χ3n) is 2.39. The Hall–Kier alpha value is -1.56. The summed E-state index contributed by atoms with van der Waals surface area (Å²) in [6, 6.07) is 16.3. The Kier molecular flexibility index (Phi) is 2.72. The van der Waals surface area contributed by atoms with E-state index in [2.05, 4.69) is 32.9 Å². The molecule has 3 nitrogen and oxygen atoms in total. The molecule has 0 atom stereocenters. The molecule has 4 heteroatoms. The molecule has 0 unspecified atom stereocenters. The third-order valence-corrected chi connectivity index (χ3v) is 3.11. The van der Waals surface area contributed by atoms with E-state index in [0.29, 0.717) is 6.01 Å². The van der Waals surface area contributed by atoms with Gasteiger partial charge in [0.05, 0.1) is 0 Å². The minimum atomic E-state index is 0.521. The summed E-state index contributed by atoms with van der Waals surface area (Å²) in [6.07, 6.45) is 0. The van der Waals surface area contributed by atoms with Crippen LogP contribution in [0, 0.1) is 3.57 Å². The van der Waals surface area contributed by atoms with E-state index in [9.17, 15) is 0 Å². The molecule has 84 valence electrons. The first-order chi connectivity index (χ1) is 8.31. The van der Waals surface area contributed by atoms with Crippen LogP contribution in [0.2, 0.25) is 0 Å². The largest absolute Gasteiger partial charge is 0.423 e. The molecule has 1 N–H and O–H groups in total. The molecule has 3 aromatic rings. The predicted octanol–water partition coefficient (Wildman–Crippen LogP) is 4.18. The number of oxazole rings is 1. The second-order valence-electron chi connectivity index (χ2n) is 3.62. The Balaban J connectivity index is 1.92. The Bertz CT molecular complexity index is 613. The molecule has 0 amide bonds. The van der Waals surface area contributed by atoms with E-state index < -0.39 is 0 Å². The number of rotatable bonds is 2. The van der Waals surface area contributed by atoms with Crippen molar-refractivity contribution in [2.75, 3.05) is 5.32 Å². The Morgan fingerprint density at radius 1 is 1.00 bits per heavy atom. The molecule has 0 aliphatic rings. The van der Waals surface area contributed by atoms with Gasteiger partial charge in [0.15, 0.2) is 5.58 Å². The summed E-state index contributed by atoms with van der Waals surface area (Å²) in [7, 11) is 0. The maximum atomic E-state index is 5.58. The number of nitrogens with zero attached hydrogens (tertiary/aromatic N) is 1. The Morgan fingerprint density at radius 3 is 2.53 bits per heavy atom. The topological polar surface area (TPSA) is 38.1 Å². The highest BCUT2D eigenvalue weighted by molar-refractivity contribution is 14.1. The predicted molar refractivity (Wildman–Crippen MR) is 76.5 cm³/mol. The molecule has 0 saturated carbocycles. The fourth-order valence-corrected chi connectivity index (χ4v) is 1.94. The summed E-state index contributed by atoms with van der Waals surface area (Å²) >= 11 is 2.27. The smallest absolute Gasteiger partial charge is 0.300 e. The van der Waals surface area contributed by atoms with Crippen LogP contribution in [0.15, 0.2) is 52.9 Å². The molecular weight excluding hydrogens is 327 g/mol. The summed E-state index contributed by atoms with van der Waals surface area (Å²) in [6.45, 7) is 0. The number of fused-ring (bicyclic) bond motifs is 1. The fraction of sp³-hybridized carbons (Fsp3) is 0. The number of hydrogen-bond donors (Lipinski definition) is 1. The zero-order valence-corrected chi connectivity index (χ0v) is 11.0. The van der Waals surface area contributed by atoms with Crippen molar-refractivity contribution in [3.05, 3.63) is 52.1 Å². The summed E-state index contributed by atoms with van der Waals surface area (Å²) in [4.78, 5) is 4.35. The lowest BCUT2D eigenvalue weighted by molar-refractivity contribution is 0.623. The molecule has 0 aliphatic carbocycles. The molecule has 0 saturated heterocycles. The van der Waals surface area contributed by atoms with Gasteiger partial charge in [0.2, 0.25) is 0 Å². The van der Waals surface area contributed by atoms with Crippen LogP contribution in [0.5, 0.6) is 0 Å². The van der Waals surface area contributed by atoms with Crippen LogP contribution in [0.25, 0.3) is 11.1 Å². The molecular formula is C13H9IN2O. The minimum Gasteiger partial charge on any atom is -0.423 e. The van der Waals surface area contributed by atoms with Gasteiger partial charge in [-0.25, -0.2) is 0 Å². The second kappa shape index (κ2) is 4.37. The third kappa shape index (κ3) is 2.26. The van der Waals surface area contributed by atoms with E-state index in [1.807, 2.05) is 48.5 Å². The van der Waals surface area contributed by atoms with E-state index in [4.69, 9.17) is 4.42 Å². The maximum Gasteiger partial charge on any atom is 0.300 e. The molecule has 1 heterocycles. The number of hydrogen-bond acceptors (Lipinski definition) is 3. The number of benzene rings is 2. The highest BCUT2D eigenvalue weighted by atomic mass is 127. The van der Waals surface area contributed by atoms with Crippen LogP contribution < -0.4 is 5.32 Å². The van der Waals surface area contributed by atoms with E-state index in [-0.39, 0.29) is 0 Å². The van der Waals surface area contributed by atoms with Crippen LogP contribution in [-0.4, -0.2) is 4.98 Å². The molecule has 0 spiro atoms. The van der Waals surface area contributed by atoms with Gasteiger partial charge in [0, 0.05) is 9.26 Å². The second-order valence-corrected chi connectivity index (χ2v) is 4.86. The normalized spacial score (nSPS) is 10.6. The fourth-order valence-electron chi connectivity index (χ4n) is 1.58. The van der Waals surface area contributed by atoms with Crippen molar-refractivity contribution >= 4 is 45.4 Å². The summed E-state index contributed by atoms with van der Waals surface area (Å²) in [5.41, 5.74) is 2.62. The van der Waals surface area contributed by atoms with Crippen molar-refractivity contribution in [2.45, 2.75) is 0 Å². The lowest BCUT2D eigenvalue weighted by Crippen LogP contribution is -1.89. The molecule has 0 fully saturated rings. The summed E-state index contributed by atoms with van der Waals surface area (Å²) in [5, 5.41) is 3.14. The van der Waals surface area contributed by atoms with Crippen molar-refractivity contribution in [3.8, 4) is 0 Å². The van der Waals surface area contributed by atoms with Crippen LogP contribution >= 0.6 is 22.6 Å². The van der Waals surface area contributed by atoms with Crippen LogP contribution in [0.1, 0.15) is 0 Å². The SMILES string of the molecule is Ic1ccc(Nc2nc3ccccc3o2)cc1. The molecule has 0 bridgehead atoms. The number of nitrogens with one attached hydrogen (secondary N) is 1. The van der Waals surface area contributed by atoms with Gasteiger partial charge in [-0.2, -0.15) is 4.98 Å². The minimum absolute atomic E-state index is 0.521. The average Bonchev–Trinajstić information content (AvgIpc) is 2.74. The quantitative estimate of drug-likeness (QED) is 0.714. The van der Waals surface area contributed by atoms with Crippen LogP contribution in [-0.2, 0) is 0 Å². The van der Waals surface area contributed by atoms with Crippen molar-refractivity contribution < 1.29 is 4.42 Å². The van der Waals surface area contributed by atoms with Crippen LogP contribution in [0.4, 0.5) is 11.7 Å². The van der Waals surface area contributed by atoms with E-state index in [0.717, 1.165) is 16.8 Å². The molecule has 2 aromatic carbocycles. The van der Waals surface area contributed by atoms with Crippen molar-refractivity contribution in [2.24, 2.45) is 0 Å². The molecule has 1 aromatic heterocycles. The van der Waals surface area contributed by atoms with Gasteiger partial charge in [-0.15, -0.1) is 0 Å². The molecule has 0 aliphatic heterocycles. The van der Waals surface area contributed by atoms with E-state index in [1.54, 1.807) is 0 Å². The monoisotopic (exact) mass is 336 g/mol. The number of anilines is 2. The highest BCUT2D eigenvalue weighted by Gasteiger charge is 2.04. The standard InChI is InChI=1S/C13H9IN2O/c14-9-5-7-10(8-6-9)15-13-16-11-3-1-2-4-12(11)17-13/h1-8H,(H,15,16). The highest BCUT2D eigenvalue weighted by Crippen LogP contribution is 2.22. The molecule has 3 rings (SSSR count). The van der Waals surface area contributed by atoms with Crippen molar-refractivity contribution in [1.82, 2.24) is 4.98 Å². The van der Waals surface area contributed by atoms with Crippen LogP contribution in [0.3, 0.4) is 0 Å². The lowest BCUT2D eigenvalue weighted by atomic mass is 10.3. The molecule has 17 heavy (non-hydrogen) atoms. The lowest BCUT2D eigenvalue weighted by Gasteiger charge is -2.00. The van der Waals surface area contributed by atoms with Gasteiger partial charge >= 0.3 is 0 Å². The number of para-hydroxylation sites is 2. The maximum absolute atomic E-state index is 5.58. The van der Waals surface area contributed by atoms with Gasteiger partial charge in [-0.3, -0.25) is 0 Å². The first-order valence-corrected chi connectivity index (χ1v) is 6.27. The summed E-state index contributed by atoms with van der Waals surface area (Å²) in [5.74, 6) is 0. The first kappa shape index (κ1) is 10.6. The van der Waals surface area contributed by atoms with Gasteiger partial charge in [-0.05, 0) is 59.0 Å². The van der Waals surface area contributed by atoms with Gasteiger partial charge < -0.3 is 9.73 Å². The zero-order valence-electron chi connectivity index (χ0n) is 8.85.